The van der Waals surface area contributed by atoms with E-state index in [4.69, 9.17) is 0 Å². The number of hydrogen-bond acceptors (Lipinski definition) is 5. The van der Waals surface area contributed by atoms with Crippen molar-refractivity contribution in [3.05, 3.63) is 18.3 Å². The monoisotopic (exact) mass is 298 g/mol. The van der Waals surface area contributed by atoms with E-state index in [2.05, 4.69) is 10.3 Å². The smallest absolute Gasteiger partial charge is 0.179 e. The van der Waals surface area contributed by atoms with Crippen LogP contribution in [0.25, 0.3) is 0 Å². The number of aliphatic hydroxyl groups excluding tert-OH is 1. The van der Waals surface area contributed by atoms with Crippen LogP contribution in [0.1, 0.15) is 32.1 Å². The van der Waals surface area contributed by atoms with Crippen LogP contribution in [0.4, 0.5) is 5.82 Å². The number of rotatable bonds is 5. The highest BCUT2D eigenvalue weighted by atomic mass is 32.2. The third-order valence-corrected chi connectivity index (χ3v) is 5.18. The van der Waals surface area contributed by atoms with Gasteiger partial charge in [0.25, 0.3) is 0 Å². The molecule has 0 unspecified atom stereocenters. The summed E-state index contributed by atoms with van der Waals surface area (Å²) in [5.41, 5.74) is -0.148. The van der Waals surface area contributed by atoms with Gasteiger partial charge < -0.3 is 10.4 Å². The van der Waals surface area contributed by atoms with Crippen molar-refractivity contribution in [3.8, 4) is 0 Å². The Labute approximate surface area is 120 Å². The Morgan fingerprint density at radius 3 is 2.65 bits per heavy atom. The number of pyridine rings is 1. The predicted molar refractivity (Wildman–Crippen MR) is 78.4 cm³/mol. The number of sulfone groups is 1. The highest BCUT2D eigenvalue weighted by Gasteiger charge is 2.31. The zero-order valence-electron chi connectivity index (χ0n) is 11.8. The van der Waals surface area contributed by atoms with Crippen molar-refractivity contribution >= 4 is 15.7 Å². The third kappa shape index (κ3) is 3.49. The van der Waals surface area contributed by atoms with E-state index in [1.807, 2.05) is 0 Å². The zero-order valence-corrected chi connectivity index (χ0v) is 12.6. The lowest BCUT2D eigenvalue weighted by Gasteiger charge is -2.36. The fourth-order valence-electron chi connectivity index (χ4n) is 2.79. The number of anilines is 1. The topological polar surface area (TPSA) is 79.3 Å². The first kappa shape index (κ1) is 15.3. The van der Waals surface area contributed by atoms with Crippen LogP contribution in [0.15, 0.2) is 23.2 Å². The Morgan fingerprint density at radius 1 is 1.35 bits per heavy atom. The summed E-state index contributed by atoms with van der Waals surface area (Å²) in [5.74, 6) is 0.383. The number of nitrogens with zero attached hydrogens (tertiary/aromatic N) is 1. The fourth-order valence-corrected chi connectivity index (χ4v) is 3.59. The molecule has 1 heterocycles. The molecule has 1 saturated carbocycles. The molecule has 112 valence electrons. The summed E-state index contributed by atoms with van der Waals surface area (Å²) in [7, 11) is -3.30. The van der Waals surface area contributed by atoms with Crippen LogP contribution in [0.2, 0.25) is 0 Å². The summed E-state index contributed by atoms with van der Waals surface area (Å²) < 4.78 is 23.4. The molecule has 0 aliphatic heterocycles. The van der Waals surface area contributed by atoms with Gasteiger partial charge in [-0.2, -0.15) is 0 Å². The molecule has 0 saturated heterocycles. The first-order chi connectivity index (χ1) is 9.47. The Balaban J connectivity index is 2.14. The lowest BCUT2D eigenvalue weighted by atomic mass is 9.74. The van der Waals surface area contributed by atoms with Crippen LogP contribution in [-0.4, -0.2) is 37.9 Å². The van der Waals surface area contributed by atoms with Gasteiger partial charge in [0.05, 0.1) is 6.61 Å². The van der Waals surface area contributed by atoms with Crippen molar-refractivity contribution in [2.24, 2.45) is 5.41 Å². The maximum atomic E-state index is 11.7. The second-order valence-electron chi connectivity index (χ2n) is 5.69. The van der Waals surface area contributed by atoms with E-state index in [-0.39, 0.29) is 16.9 Å². The van der Waals surface area contributed by atoms with E-state index in [9.17, 15) is 13.5 Å². The summed E-state index contributed by atoms with van der Waals surface area (Å²) in [5, 5.41) is 12.8. The van der Waals surface area contributed by atoms with E-state index in [0.29, 0.717) is 12.4 Å². The van der Waals surface area contributed by atoms with E-state index >= 15 is 0 Å². The molecule has 0 radical (unpaired) electrons. The van der Waals surface area contributed by atoms with Crippen molar-refractivity contribution in [3.63, 3.8) is 0 Å². The molecule has 0 atom stereocenters. The van der Waals surface area contributed by atoms with Gasteiger partial charge in [0, 0.05) is 24.4 Å². The number of hydrogen-bond donors (Lipinski definition) is 2. The molecule has 5 nitrogen and oxygen atoms in total. The van der Waals surface area contributed by atoms with E-state index in [1.165, 1.54) is 12.7 Å². The predicted octanol–water partition coefficient (Wildman–Crippen LogP) is 1.84. The van der Waals surface area contributed by atoms with Gasteiger partial charge in [-0.3, -0.25) is 0 Å². The zero-order chi connectivity index (χ0) is 14.6. The summed E-state index contributed by atoms with van der Waals surface area (Å²) >= 11 is 0. The van der Waals surface area contributed by atoms with Gasteiger partial charge in [0.1, 0.15) is 10.7 Å². The molecule has 2 N–H and O–H groups in total. The molecule has 6 heteroatoms. The highest BCUT2D eigenvalue weighted by molar-refractivity contribution is 7.90. The summed E-state index contributed by atoms with van der Waals surface area (Å²) in [6.07, 6.45) is 8.13. The largest absolute Gasteiger partial charge is 0.396 e. The lowest BCUT2D eigenvalue weighted by Crippen LogP contribution is -2.36. The first-order valence-corrected chi connectivity index (χ1v) is 8.86. The van der Waals surface area contributed by atoms with Crippen molar-refractivity contribution in [1.82, 2.24) is 4.98 Å². The average Bonchev–Trinajstić information content (AvgIpc) is 2.45. The molecule has 1 fully saturated rings. The maximum Gasteiger partial charge on any atom is 0.179 e. The quantitative estimate of drug-likeness (QED) is 0.867. The summed E-state index contributed by atoms with van der Waals surface area (Å²) in [6.45, 7) is 0.685. The third-order valence-electron chi connectivity index (χ3n) is 4.05. The van der Waals surface area contributed by atoms with Crippen molar-refractivity contribution in [2.75, 3.05) is 24.7 Å². The van der Waals surface area contributed by atoms with Gasteiger partial charge in [-0.1, -0.05) is 19.3 Å². The molecule has 20 heavy (non-hydrogen) atoms. The summed E-state index contributed by atoms with van der Waals surface area (Å²) in [4.78, 5) is 4.33. The second-order valence-corrected chi connectivity index (χ2v) is 7.68. The highest BCUT2D eigenvalue weighted by Crippen LogP contribution is 2.36. The van der Waals surface area contributed by atoms with Gasteiger partial charge in [0.15, 0.2) is 9.84 Å². The normalized spacial score (nSPS) is 18.7. The van der Waals surface area contributed by atoms with Crippen LogP contribution in [0.3, 0.4) is 0 Å². The van der Waals surface area contributed by atoms with E-state index in [0.717, 1.165) is 25.7 Å². The SMILES string of the molecule is CS(=O)(=O)c1cccnc1NCC1(CO)CCCCC1. The minimum Gasteiger partial charge on any atom is -0.396 e. The molecule has 1 aliphatic carbocycles. The van der Waals surface area contributed by atoms with Crippen molar-refractivity contribution in [1.29, 1.82) is 0 Å². The van der Waals surface area contributed by atoms with Gasteiger partial charge >= 0.3 is 0 Å². The molecule has 1 aromatic heterocycles. The Kier molecular flexibility index (Phi) is 4.65. The van der Waals surface area contributed by atoms with Gasteiger partial charge in [-0.05, 0) is 25.0 Å². The van der Waals surface area contributed by atoms with Crippen LogP contribution in [-0.2, 0) is 9.84 Å². The van der Waals surface area contributed by atoms with Gasteiger partial charge in [0.2, 0.25) is 0 Å². The molecule has 0 spiro atoms. The van der Waals surface area contributed by atoms with Crippen LogP contribution < -0.4 is 5.32 Å². The lowest BCUT2D eigenvalue weighted by molar-refractivity contribution is 0.0943. The first-order valence-electron chi connectivity index (χ1n) is 6.97. The van der Waals surface area contributed by atoms with Crippen LogP contribution in [0, 0.1) is 5.41 Å². The molecular formula is C14H22N2O3S. The van der Waals surface area contributed by atoms with E-state index < -0.39 is 9.84 Å². The van der Waals surface area contributed by atoms with Gasteiger partial charge in [-0.25, -0.2) is 13.4 Å². The van der Waals surface area contributed by atoms with Crippen molar-refractivity contribution in [2.45, 2.75) is 37.0 Å². The van der Waals surface area contributed by atoms with Crippen LogP contribution >= 0.6 is 0 Å². The molecule has 1 aromatic rings. The number of aromatic nitrogens is 1. The second kappa shape index (κ2) is 6.10. The molecule has 0 amide bonds. The Bertz CT molecular complexity index is 551. The number of nitrogens with one attached hydrogen (secondary N) is 1. The molecule has 0 bridgehead atoms. The van der Waals surface area contributed by atoms with E-state index in [1.54, 1.807) is 18.3 Å². The molecule has 0 aromatic carbocycles. The maximum absolute atomic E-state index is 11.7. The fraction of sp³-hybridized carbons (Fsp3) is 0.643. The van der Waals surface area contributed by atoms with Crippen molar-refractivity contribution < 1.29 is 13.5 Å². The standard InChI is InChI=1S/C14H22N2O3S/c1-20(18,19)12-6-5-9-15-13(12)16-10-14(11-17)7-3-2-4-8-14/h5-6,9,17H,2-4,7-8,10-11H2,1H3,(H,15,16). The Hall–Kier alpha value is -1.14. The molecule has 2 rings (SSSR count). The summed E-state index contributed by atoms with van der Waals surface area (Å²) in [6, 6.07) is 3.17. The average molecular weight is 298 g/mol. The Morgan fingerprint density at radius 2 is 2.05 bits per heavy atom. The van der Waals surface area contributed by atoms with Gasteiger partial charge in [-0.15, -0.1) is 0 Å². The van der Waals surface area contributed by atoms with Crippen LogP contribution in [0.5, 0.6) is 0 Å². The minimum absolute atomic E-state index is 0.126. The minimum atomic E-state index is -3.30. The molecular weight excluding hydrogens is 276 g/mol. The molecule has 1 aliphatic rings. The number of aliphatic hydroxyl groups is 1.